The number of quaternary nitrogens is 1. The average Bonchev–Trinajstić information content (AvgIpc) is 2.33. The summed E-state index contributed by atoms with van der Waals surface area (Å²) >= 11 is 0. The fourth-order valence-electron chi connectivity index (χ4n) is 1.26. The first-order chi connectivity index (χ1) is 10.4. The van der Waals surface area contributed by atoms with Crippen molar-refractivity contribution in [2.45, 2.75) is 25.9 Å². The van der Waals surface area contributed by atoms with E-state index in [1.807, 2.05) is 21.1 Å². The number of rotatable bonds is 7. The van der Waals surface area contributed by atoms with Crippen LogP contribution in [0, 0.1) is 0 Å². The number of likely N-dealkylation sites (N-methyl/N-ethyl adjacent to an activating group) is 1. The summed E-state index contributed by atoms with van der Waals surface area (Å²) in [5.41, 5.74) is 0. The third-order valence-electron chi connectivity index (χ3n) is 2.03. The van der Waals surface area contributed by atoms with Crippen molar-refractivity contribution < 1.29 is 43.7 Å². The smallest absolute Gasteiger partial charge is 0.481 e. The van der Waals surface area contributed by atoms with Crippen molar-refractivity contribution in [1.29, 1.82) is 0 Å². The van der Waals surface area contributed by atoms with E-state index >= 15 is 0 Å². The third-order valence-corrected chi connectivity index (χ3v) is 2.03. The number of aliphatic hydroxyl groups excluding tert-OH is 1. The predicted octanol–water partition coefficient (Wildman–Crippen LogP) is -0.746. The van der Waals surface area contributed by atoms with Gasteiger partial charge in [0.1, 0.15) is 12.6 Å². The van der Waals surface area contributed by atoms with E-state index in [9.17, 15) is 19.2 Å². The molecule has 0 aromatic carbocycles. The minimum atomic E-state index is -1.27. The first-order valence-electron chi connectivity index (χ1n) is 6.73. The van der Waals surface area contributed by atoms with Crippen LogP contribution in [0.25, 0.3) is 0 Å². The summed E-state index contributed by atoms with van der Waals surface area (Å²) in [6.45, 7) is 1.99. The normalized spacial score (nSPS) is 11.5. The Bertz CT molecular complexity index is 456. The van der Waals surface area contributed by atoms with Crippen molar-refractivity contribution in [2.75, 3.05) is 27.7 Å². The van der Waals surface area contributed by atoms with E-state index in [0.717, 1.165) is 0 Å². The summed E-state index contributed by atoms with van der Waals surface area (Å²) in [6.07, 6.45) is 0.441. The van der Waals surface area contributed by atoms with Crippen LogP contribution >= 0.6 is 0 Å². The average molecular weight is 359 g/mol. The molecule has 0 unspecified atom stereocenters. The van der Waals surface area contributed by atoms with Gasteiger partial charge in [-0.05, 0) is 0 Å². The van der Waals surface area contributed by atoms with E-state index in [1.165, 1.54) is 6.92 Å². The van der Waals surface area contributed by atoms with Crippen molar-refractivity contribution in [3.05, 3.63) is 12.2 Å². The van der Waals surface area contributed by atoms with Crippen molar-refractivity contribution in [3.63, 3.8) is 0 Å². The monoisotopic (exact) mass is 358 g/mol. The van der Waals surface area contributed by atoms with Crippen molar-refractivity contribution in [3.8, 4) is 0 Å². The van der Waals surface area contributed by atoms with Crippen LogP contribution in [0.2, 0.25) is 0 Å². The number of hydrogen-bond donors (Lipinski definition) is 3. The number of carbonyl (C=O) groups is 4. The van der Waals surface area contributed by atoms with E-state index < -0.39 is 30.0 Å². The molecule has 10 heteroatoms. The Labute approximate surface area is 156 Å². The van der Waals surface area contributed by atoms with Gasteiger partial charge < -0.3 is 24.5 Å². The van der Waals surface area contributed by atoms with Gasteiger partial charge in [0.2, 0.25) is 0 Å². The first-order valence-corrected chi connectivity index (χ1v) is 6.73. The van der Waals surface area contributed by atoms with Gasteiger partial charge in [-0.1, -0.05) is 6.92 Å². The zero-order valence-corrected chi connectivity index (χ0v) is 15.8. The van der Waals surface area contributed by atoms with E-state index in [1.54, 1.807) is 0 Å². The van der Waals surface area contributed by atoms with Crippen LogP contribution in [0.1, 0.15) is 19.8 Å². The zero-order valence-electron chi connectivity index (χ0n) is 14.4. The van der Waals surface area contributed by atoms with E-state index in [0.29, 0.717) is 23.2 Å². The molecule has 0 aliphatic carbocycles. The predicted molar refractivity (Wildman–Crippen MR) is 85.1 cm³/mol. The molecule has 3 N–H and O–H groups in total. The Hall–Kier alpha value is -1.49. The molecule has 0 radical (unpaired) electrons. The Morgan fingerprint density at radius 3 is 1.92 bits per heavy atom. The van der Waals surface area contributed by atoms with E-state index in [-0.39, 0.29) is 35.9 Å². The molecule has 0 saturated heterocycles. The van der Waals surface area contributed by atoms with Gasteiger partial charge in [-0.15, -0.1) is 0 Å². The molecule has 1 atom stereocenters. The fraction of sp³-hybridized carbons (Fsp3) is 0.571. The molecular weight excluding hydrogens is 334 g/mol. The Morgan fingerprint density at radius 1 is 1.08 bits per heavy atom. The second-order valence-corrected chi connectivity index (χ2v) is 5.54. The van der Waals surface area contributed by atoms with Crippen LogP contribution in [0.5, 0.6) is 0 Å². The van der Waals surface area contributed by atoms with E-state index in [4.69, 9.17) is 15.3 Å². The maximum atomic E-state index is 10.5. The number of carboxylic acids is 2. The number of carbonyl (C=O) groups excluding carboxylic acids is 2. The van der Waals surface area contributed by atoms with Crippen LogP contribution in [0.3, 0.4) is 0 Å². The van der Waals surface area contributed by atoms with Gasteiger partial charge >= 0.3 is 46.9 Å². The minimum Gasteiger partial charge on any atom is -0.481 e. The summed E-state index contributed by atoms with van der Waals surface area (Å²) < 4.78 is 4.70. The quantitative estimate of drug-likeness (QED) is 0.178. The van der Waals surface area contributed by atoms with Crippen molar-refractivity contribution >= 4 is 46.9 Å². The summed E-state index contributed by atoms with van der Waals surface area (Å²) in [6, 6.07) is 0. The largest absolute Gasteiger partial charge is 2.00 e. The van der Waals surface area contributed by atoms with Crippen LogP contribution < -0.4 is 0 Å². The maximum absolute atomic E-state index is 10.5. The number of aliphatic hydroxyl groups is 1. The summed E-state index contributed by atoms with van der Waals surface area (Å²) in [5, 5.41) is 25.5. The van der Waals surface area contributed by atoms with Crippen LogP contribution in [-0.4, -0.2) is 101 Å². The second-order valence-electron chi connectivity index (χ2n) is 5.54. The SMILES string of the molecule is CCC(=O)OC(=O)/C=C/C(=O)O.C[N+](C)(C)C[C@H](O)CC(=O)O.[Mg+2]. The Morgan fingerprint density at radius 2 is 1.58 bits per heavy atom. The summed E-state index contributed by atoms with van der Waals surface area (Å²) in [5.74, 6) is -3.87. The third kappa shape index (κ3) is 22.8. The molecule has 0 aliphatic rings. The Kier molecular flexibility index (Phi) is 15.8. The topological polar surface area (TPSA) is 138 Å². The number of hydrogen-bond acceptors (Lipinski definition) is 6. The van der Waals surface area contributed by atoms with Crippen molar-refractivity contribution in [2.24, 2.45) is 0 Å². The number of ether oxygens (including phenoxy) is 1. The molecule has 0 spiro atoms. The standard InChI is InChI=1S/C7H15NO3.C7H8O5.Mg/c1-8(2,3)5-6(9)4-7(10)11;1-2-6(10)12-7(11)4-3-5(8)9;/h6,9H,4-5H2,1-3H3;3-4H,2H2,1H3,(H,8,9);/q;;+2/p+1/b;4-3+;/t6-;;/m1../s1. The maximum Gasteiger partial charge on any atom is 2.00 e. The zero-order chi connectivity index (χ0) is 18.6. The Balaban J connectivity index is -0.000000354. The molecule has 0 aromatic heterocycles. The molecule has 0 bridgehead atoms. The molecule has 24 heavy (non-hydrogen) atoms. The van der Waals surface area contributed by atoms with E-state index in [2.05, 4.69) is 4.74 Å². The van der Waals surface area contributed by atoms with Gasteiger partial charge in [-0.25, -0.2) is 9.59 Å². The van der Waals surface area contributed by atoms with Gasteiger partial charge in [0.25, 0.3) is 0 Å². The summed E-state index contributed by atoms with van der Waals surface area (Å²) in [4.78, 5) is 41.0. The minimum absolute atomic E-state index is 0. The van der Waals surface area contributed by atoms with Gasteiger partial charge in [0.15, 0.2) is 0 Å². The molecule has 0 saturated carbocycles. The van der Waals surface area contributed by atoms with Crippen molar-refractivity contribution in [1.82, 2.24) is 0 Å². The number of aliphatic carboxylic acids is 2. The van der Waals surface area contributed by atoms with Crippen LogP contribution in [0.15, 0.2) is 12.2 Å². The number of nitrogens with zero attached hydrogens (tertiary/aromatic N) is 1. The van der Waals surface area contributed by atoms with Gasteiger partial charge in [0.05, 0.1) is 27.6 Å². The molecule has 0 amide bonds. The molecule has 0 fully saturated rings. The van der Waals surface area contributed by atoms with Crippen LogP contribution in [0.4, 0.5) is 0 Å². The molecule has 0 rings (SSSR count). The number of esters is 2. The second kappa shape index (κ2) is 13.9. The molecule has 132 valence electrons. The molecule has 9 nitrogen and oxygen atoms in total. The number of carboxylic acid groups (broad SMARTS) is 2. The first kappa shape index (κ1) is 27.4. The van der Waals surface area contributed by atoms with Gasteiger partial charge in [-0.2, -0.15) is 0 Å². The van der Waals surface area contributed by atoms with Crippen LogP contribution in [-0.2, 0) is 23.9 Å². The van der Waals surface area contributed by atoms with Gasteiger partial charge in [-0.3, -0.25) is 9.59 Å². The molecule has 0 aliphatic heterocycles. The fourth-order valence-corrected chi connectivity index (χ4v) is 1.26. The summed E-state index contributed by atoms with van der Waals surface area (Å²) in [7, 11) is 5.72. The molecule has 0 heterocycles. The molecular formula is C14H24MgNO8+3. The van der Waals surface area contributed by atoms with Gasteiger partial charge in [0, 0.05) is 18.6 Å². The molecule has 0 aromatic rings.